The second kappa shape index (κ2) is 8.70. The molecule has 0 spiro atoms. The minimum atomic E-state index is -4.76. The highest BCUT2D eigenvalue weighted by Crippen LogP contribution is 2.37. The molecule has 31 heavy (non-hydrogen) atoms. The fourth-order valence-corrected chi connectivity index (χ4v) is 4.72. The number of halogens is 4. The van der Waals surface area contributed by atoms with E-state index in [9.17, 15) is 26.4 Å². The normalized spacial score (nSPS) is 14.8. The third kappa shape index (κ3) is 5.51. The van der Waals surface area contributed by atoms with Crippen LogP contribution in [0.2, 0.25) is 5.02 Å². The first-order chi connectivity index (χ1) is 14.4. The summed E-state index contributed by atoms with van der Waals surface area (Å²) in [5.41, 5.74) is 1.93. The highest BCUT2D eigenvalue weighted by molar-refractivity contribution is 7.92. The summed E-state index contributed by atoms with van der Waals surface area (Å²) in [5, 5.41) is 2.17. The van der Waals surface area contributed by atoms with Crippen LogP contribution < -0.4 is 9.62 Å². The minimum Gasteiger partial charge on any atom is -0.348 e. The fraction of sp³-hybridized carbons (Fsp3) is 0.381. The summed E-state index contributed by atoms with van der Waals surface area (Å²) < 4.78 is 64.6. The fourth-order valence-electron chi connectivity index (χ4n) is 3.65. The number of carbonyl (C=O) groups is 1. The molecule has 2 aromatic rings. The summed E-state index contributed by atoms with van der Waals surface area (Å²) in [6.07, 6.45) is -0.846. The van der Waals surface area contributed by atoms with Gasteiger partial charge in [0.1, 0.15) is 6.54 Å². The summed E-state index contributed by atoms with van der Waals surface area (Å²) in [5.74, 6) is -0.637. The molecule has 0 fully saturated rings. The number of nitrogens with zero attached hydrogens (tertiary/aromatic N) is 1. The Labute approximate surface area is 184 Å². The number of benzene rings is 2. The van der Waals surface area contributed by atoms with E-state index in [0.717, 1.165) is 43.2 Å². The van der Waals surface area contributed by atoms with Crippen molar-refractivity contribution in [2.75, 3.05) is 17.1 Å². The van der Waals surface area contributed by atoms with Crippen LogP contribution in [0, 0.1) is 0 Å². The largest absolute Gasteiger partial charge is 0.417 e. The van der Waals surface area contributed by atoms with Crippen LogP contribution in [-0.2, 0) is 33.8 Å². The van der Waals surface area contributed by atoms with Gasteiger partial charge in [0, 0.05) is 0 Å². The Hall–Kier alpha value is -2.26. The predicted molar refractivity (Wildman–Crippen MR) is 114 cm³/mol. The average Bonchev–Trinajstić information content (AvgIpc) is 3.12. The van der Waals surface area contributed by atoms with Gasteiger partial charge in [-0.3, -0.25) is 9.10 Å². The number of fused-ring (bicyclic) bond motifs is 1. The van der Waals surface area contributed by atoms with Crippen LogP contribution in [-0.4, -0.2) is 27.1 Å². The number of aryl methyl sites for hydroxylation is 2. The van der Waals surface area contributed by atoms with Crippen LogP contribution in [0.4, 0.5) is 18.9 Å². The number of nitrogens with one attached hydrogen (secondary N) is 1. The second-order valence-electron chi connectivity index (χ2n) is 7.60. The van der Waals surface area contributed by atoms with Gasteiger partial charge < -0.3 is 5.32 Å². The van der Waals surface area contributed by atoms with E-state index in [0.29, 0.717) is 10.4 Å². The van der Waals surface area contributed by atoms with E-state index in [2.05, 4.69) is 5.32 Å². The van der Waals surface area contributed by atoms with Crippen LogP contribution in [0.25, 0.3) is 0 Å². The number of carbonyl (C=O) groups excluding carboxylic acids is 1. The number of rotatable bonds is 6. The van der Waals surface area contributed by atoms with E-state index in [-0.39, 0.29) is 5.69 Å². The molecule has 0 heterocycles. The van der Waals surface area contributed by atoms with Crippen molar-refractivity contribution in [3.63, 3.8) is 0 Å². The van der Waals surface area contributed by atoms with Gasteiger partial charge in [0.05, 0.1) is 28.6 Å². The number of amides is 1. The molecule has 1 amide bonds. The first kappa shape index (κ1) is 23.4. The van der Waals surface area contributed by atoms with E-state index in [1.165, 1.54) is 11.1 Å². The van der Waals surface area contributed by atoms with Gasteiger partial charge >= 0.3 is 6.18 Å². The maximum atomic E-state index is 13.2. The lowest BCUT2D eigenvalue weighted by atomic mass is 10.0. The van der Waals surface area contributed by atoms with Gasteiger partial charge in [-0.15, -0.1) is 0 Å². The first-order valence-electron chi connectivity index (χ1n) is 9.62. The van der Waals surface area contributed by atoms with Gasteiger partial charge in [-0.05, 0) is 61.1 Å². The molecule has 0 bridgehead atoms. The Kier molecular flexibility index (Phi) is 6.57. The Morgan fingerprint density at radius 3 is 2.48 bits per heavy atom. The lowest BCUT2D eigenvalue weighted by Gasteiger charge is -2.24. The molecule has 1 aliphatic carbocycles. The highest BCUT2D eigenvalue weighted by Gasteiger charge is 2.34. The molecule has 168 valence electrons. The summed E-state index contributed by atoms with van der Waals surface area (Å²) in [6, 6.07) is 8.29. The Morgan fingerprint density at radius 1 is 1.16 bits per heavy atom. The summed E-state index contributed by atoms with van der Waals surface area (Å²) in [6.45, 7) is 1.11. The SMILES string of the molecule is C[C@H](NC(=O)CN(c1ccc(Cl)c(C(F)(F)F)c1)S(C)(=O)=O)c1ccc2c(c1)CCC2. The molecule has 0 saturated heterocycles. The van der Waals surface area contributed by atoms with Crippen LogP contribution >= 0.6 is 11.6 Å². The zero-order valence-electron chi connectivity index (χ0n) is 17.0. The van der Waals surface area contributed by atoms with Crippen molar-refractivity contribution in [3.8, 4) is 0 Å². The molecule has 10 heteroatoms. The molecule has 0 aliphatic heterocycles. The molecule has 1 N–H and O–H groups in total. The molecule has 2 aromatic carbocycles. The van der Waals surface area contributed by atoms with Crippen molar-refractivity contribution in [2.45, 2.75) is 38.4 Å². The van der Waals surface area contributed by atoms with Crippen LogP contribution in [0.1, 0.15) is 41.6 Å². The first-order valence-corrected chi connectivity index (χ1v) is 11.8. The monoisotopic (exact) mass is 474 g/mol. The number of sulfonamides is 1. The standard InChI is InChI=1S/C21H22ClF3N2O3S/c1-13(15-7-6-14-4-3-5-16(14)10-15)26-20(28)12-27(31(2,29)30)17-8-9-19(22)18(11-17)21(23,24)25/h6-11,13H,3-5,12H2,1-2H3,(H,26,28)/t13-/m0/s1. The van der Waals surface area contributed by atoms with Gasteiger partial charge in [-0.25, -0.2) is 8.42 Å². The van der Waals surface area contributed by atoms with E-state index in [1.54, 1.807) is 6.92 Å². The van der Waals surface area contributed by atoms with E-state index >= 15 is 0 Å². The molecular formula is C21H22ClF3N2O3S. The molecule has 0 radical (unpaired) electrons. The molecule has 1 atom stereocenters. The zero-order chi connectivity index (χ0) is 23.0. The van der Waals surface area contributed by atoms with Crippen molar-refractivity contribution in [3.05, 3.63) is 63.7 Å². The number of hydrogen-bond acceptors (Lipinski definition) is 3. The molecule has 1 aliphatic rings. The van der Waals surface area contributed by atoms with Gasteiger partial charge in [0.2, 0.25) is 15.9 Å². The van der Waals surface area contributed by atoms with Crippen LogP contribution in [0.15, 0.2) is 36.4 Å². The molecule has 5 nitrogen and oxygen atoms in total. The molecular weight excluding hydrogens is 453 g/mol. The molecule has 0 saturated carbocycles. The Bertz CT molecular complexity index is 1100. The summed E-state index contributed by atoms with van der Waals surface area (Å²) >= 11 is 5.62. The lowest BCUT2D eigenvalue weighted by molar-refractivity contribution is -0.137. The number of anilines is 1. The smallest absolute Gasteiger partial charge is 0.348 e. The van der Waals surface area contributed by atoms with Crippen molar-refractivity contribution in [1.29, 1.82) is 0 Å². The van der Waals surface area contributed by atoms with Crippen molar-refractivity contribution in [2.24, 2.45) is 0 Å². The number of alkyl halides is 3. The van der Waals surface area contributed by atoms with Gasteiger partial charge in [0.15, 0.2) is 0 Å². The Morgan fingerprint density at radius 2 is 1.84 bits per heavy atom. The predicted octanol–water partition coefficient (Wildman–Crippen LogP) is 4.49. The van der Waals surface area contributed by atoms with Gasteiger partial charge in [-0.2, -0.15) is 13.2 Å². The maximum absolute atomic E-state index is 13.2. The summed E-state index contributed by atoms with van der Waals surface area (Å²) in [7, 11) is -4.03. The number of hydrogen-bond donors (Lipinski definition) is 1. The average molecular weight is 475 g/mol. The third-order valence-electron chi connectivity index (χ3n) is 5.23. The minimum absolute atomic E-state index is 0.292. The van der Waals surface area contributed by atoms with Gasteiger partial charge in [-0.1, -0.05) is 29.8 Å². The molecule has 3 rings (SSSR count). The topological polar surface area (TPSA) is 66.5 Å². The quantitative estimate of drug-likeness (QED) is 0.670. The molecule has 0 unspecified atom stereocenters. The van der Waals surface area contributed by atoms with Crippen LogP contribution in [0.5, 0.6) is 0 Å². The van der Waals surface area contributed by atoms with Crippen molar-refractivity contribution >= 4 is 33.2 Å². The van der Waals surface area contributed by atoms with Crippen LogP contribution in [0.3, 0.4) is 0 Å². The summed E-state index contributed by atoms with van der Waals surface area (Å²) in [4.78, 5) is 12.6. The van der Waals surface area contributed by atoms with E-state index in [1.807, 2.05) is 18.2 Å². The van der Waals surface area contributed by atoms with E-state index < -0.39 is 45.3 Å². The zero-order valence-corrected chi connectivity index (χ0v) is 18.5. The van der Waals surface area contributed by atoms with Crippen molar-refractivity contribution < 1.29 is 26.4 Å². The van der Waals surface area contributed by atoms with Crippen molar-refractivity contribution in [1.82, 2.24) is 5.32 Å². The Balaban J connectivity index is 1.80. The highest BCUT2D eigenvalue weighted by atomic mass is 35.5. The van der Waals surface area contributed by atoms with Gasteiger partial charge in [0.25, 0.3) is 0 Å². The van der Waals surface area contributed by atoms with E-state index in [4.69, 9.17) is 11.6 Å². The third-order valence-corrected chi connectivity index (χ3v) is 6.70. The second-order valence-corrected chi connectivity index (χ2v) is 9.92. The maximum Gasteiger partial charge on any atom is 0.417 e. The lowest BCUT2D eigenvalue weighted by Crippen LogP contribution is -2.41. The molecule has 0 aromatic heterocycles.